The Hall–Kier alpha value is -1.59. The van der Waals surface area contributed by atoms with Crippen LogP contribution in [0.4, 0.5) is 10.5 Å². The highest BCUT2D eigenvalue weighted by Gasteiger charge is 2.24. The molecule has 0 bridgehead atoms. The second kappa shape index (κ2) is 6.67. The molecule has 0 radical (unpaired) electrons. The number of nitrogens with one attached hydrogen (secondary N) is 2. The van der Waals surface area contributed by atoms with Gasteiger partial charge >= 0.3 is 6.09 Å². The van der Waals surface area contributed by atoms with Gasteiger partial charge in [0.15, 0.2) is 0 Å². The van der Waals surface area contributed by atoms with E-state index in [0.29, 0.717) is 0 Å². The topological polar surface area (TPSA) is 70.6 Å². The van der Waals surface area contributed by atoms with Crippen LogP contribution in [0.1, 0.15) is 51.3 Å². The Morgan fingerprint density at radius 1 is 1.45 bits per heavy atom. The molecule has 5 nitrogen and oxygen atoms in total. The quantitative estimate of drug-likeness (QED) is 0.800. The van der Waals surface area contributed by atoms with Crippen LogP contribution in [0.3, 0.4) is 0 Å². The van der Waals surface area contributed by atoms with E-state index < -0.39 is 11.7 Å². The SMILES string of the molecule is CC(CO)NC1CCc2cc(NC(=O)OC(C)(C)C)ccc21. The Morgan fingerprint density at radius 3 is 2.82 bits per heavy atom. The van der Waals surface area contributed by atoms with E-state index in [2.05, 4.69) is 10.6 Å². The second-order valence-corrected chi connectivity index (χ2v) is 6.88. The molecule has 1 aliphatic carbocycles. The summed E-state index contributed by atoms with van der Waals surface area (Å²) in [6, 6.07) is 6.29. The Labute approximate surface area is 132 Å². The standard InChI is InChI=1S/C17H26N2O3/c1-11(10-20)18-15-8-5-12-9-13(6-7-14(12)15)19-16(21)22-17(2,3)4/h6-7,9,11,15,18,20H,5,8,10H2,1-4H3,(H,19,21). The lowest BCUT2D eigenvalue weighted by Gasteiger charge is -2.20. The molecule has 2 unspecified atom stereocenters. The van der Waals surface area contributed by atoms with Crippen LogP contribution < -0.4 is 10.6 Å². The van der Waals surface area contributed by atoms with E-state index in [1.54, 1.807) is 0 Å². The summed E-state index contributed by atoms with van der Waals surface area (Å²) >= 11 is 0. The summed E-state index contributed by atoms with van der Waals surface area (Å²) in [6.45, 7) is 7.62. The first-order valence-electron chi connectivity index (χ1n) is 7.78. The van der Waals surface area contributed by atoms with Crippen LogP contribution in [0.2, 0.25) is 0 Å². The van der Waals surface area contributed by atoms with E-state index in [0.717, 1.165) is 18.5 Å². The molecule has 2 atom stereocenters. The smallest absolute Gasteiger partial charge is 0.412 e. The average molecular weight is 306 g/mol. The minimum Gasteiger partial charge on any atom is -0.444 e. The third-order valence-electron chi connectivity index (χ3n) is 3.63. The van der Waals surface area contributed by atoms with E-state index in [9.17, 15) is 4.79 Å². The number of aryl methyl sites for hydroxylation is 1. The van der Waals surface area contributed by atoms with E-state index in [-0.39, 0.29) is 18.7 Å². The molecule has 0 fully saturated rings. The van der Waals surface area contributed by atoms with Crippen molar-refractivity contribution in [3.63, 3.8) is 0 Å². The summed E-state index contributed by atoms with van der Waals surface area (Å²) in [5, 5.41) is 15.3. The number of carbonyl (C=O) groups is 1. The van der Waals surface area contributed by atoms with Crippen LogP contribution in [-0.4, -0.2) is 29.4 Å². The third kappa shape index (κ3) is 4.45. The molecule has 1 aromatic rings. The highest BCUT2D eigenvalue weighted by molar-refractivity contribution is 5.85. The fraction of sp³-hybridized carbons (Fsp3) is 0.588. The highest BCUT2D eigenvalue weighted by atomic mass is 16.6. The molecule has 3 N–H and O–H groups in total. The molecule has 0 aliphatic heterocycles. The normalized spacial score (nSPS) is 18.7. The molecule has 22 heavy (non-hydrogen) atoms. The Morgan fingerprint density at radius 2 is 2.18 bits per heavy atom. The second-order valence-electron chi connectivity index (χ2n) is 6.88. The van der Waals surface area contributed by atoms with Gasteiger partial charge in [-0.15, -0.1) is 0 Å². The molecule has 122 valence electrons. The van der Waals surface area contributed by atoms with Gasteiger partial charge in [0, 0.05) is 17.8 Å². The van der Waals surface area contributed by atoms with Crippen molar-refractivity contribution in [2.75, 3.05) is 11.9 Å². The Balaban J connectivity index is 2.02. The first kappa shape index (κ1) is 16.8. The zero-order valence-corrected chi connectivity index (χ0v) is 13.8. The van der Waals surface area contributed by atoms with Crippen LogP contribution in [0.5, 0.6) is 0 Å². The van der Waals surface area contributed by atoms with Crippen LogP contribution >= 0.6 is 0 Å². The number of rotatable bonds is 4. The maximum absolute atomic E-state index is 11.8. The summed E-state index contributed by atoms with van der Waals surface area (Å²) in [4.78, 5) is 11.8. The number of anilines is 1. The predicted molar refractivity (Wildman–Crippen MR) is 87.0 cm³/mol. The Kier molecular flexibility index (Phi) is 5.08. The van der Waals surface area contributed by atoms with Gasteiger partial charge in [0.1, 0.15) is 5.60 Å². The van der Waals surface area contributed by atoms with Crippen molar-refractivity contribution in [2.45, 2.75) is 58.2 Å². The molecular weight excluding hydrogens is 280 g/mol. The van der Waals surface area contributed by atoms with Crippen LogP contribution in [-0.2, 0) is 11.2 Å². The summed E-state index contributed by atoms with van der Waals surface area (Å²) in [5.41, 5.74) is 2.73. The maximum Gasteiger partial charge on any atom is 0.412 e. The van der Waals surface area contributed by atoms with Crippen LogP contribution in [0.25, 0.3) is 0 Å². The van der Waals surface area contributed by atoms with Crippen molar-refractivity contribution in [1.29, 1.82) is 0 Å². The van der Waals surface area contributed by atoms with Gasteiger partial charge in [-0.2, -0.15) is 0 Å². The first-order chi connectivity index (χ1) is 10.3. The van der Waals surface area contributed by atoms with Crippen molar-refractivity contribution in [2.24, 2.45) is 0 Å². The number of carbonyl (C=O) groups excluding carboxylic acids is 1. The number of fused-ring (bicyclic) bond motifs is 1. The average Bonchev–Trinajstić information content (AvgIpc) is 2.78. The molecular formula is C17H26N2O3. The molecule has 0 heterocycles. The van der Waals surface area contributed by atoms with Gasteiger partial charge in [-0.05, 0) is 63.8 Å². The number of amides is 1. The number of benzene rings is 1. The van der Waals surface area contributed by atoms with E-state index in [1.807, 2.05) is 45.9 Å². The number of aliphatic hydroxyl groups excluding tert-OH is 1. The van der Waals surface area contributed by atoms with E-state index in [1.165, 1.54) is 11.1 Å². The molecule has 1 amide bonds. The zero-order chi connectivity index (χ0) is 16.3. The minimum atomic E-state index is -0.504. The van der Waals surface area contributed by atoms with Crippen molar-refractivity contribution in [3.8, 4) is 0 Å². The third-order valence-corrected chi connectivity index (χ3v) is 3.63. The van der Waals surface area contributed by atoms with Gasteiger partial charge in [0.05, 0.1) is 6.61 Å². The minimum absolute atomic E-state index is 0.0792. The van der Waals surface area contributed by atoms with E-state index >= 15 is 0 Å². The van der Waals surface area contributed by atoms with Gasteiger partial charge in [-0.25, -0.2) is 4.79 Å². The number of ether oxygens (including phenoxy) is 1. The fourth-order valence-corrected chi connectivity index (χ4v) is 2.69. The monoisotopic (exact) mass is 306 g/mol. The van der Waals surface area contributed by atoms with Crippen LogP contribution in [0, 0.1) is 0 Å². The van der Waals surface area contributed by atoms with Crippen molar-refractivity contribution < 1.29 is 14.6 Å². The number of hydrogen-bond donors (Lipinski definition) is 3. The molecule has 0 saturated heterocycles. The fourth-order valence-electron chi connectivity index (χ4n) is 2.69. The predicted octanol–water partition coefficient (Wildman–Crippen LogP) is 2.99. The lowest BCUT2D eigenvalue weighted by Crippen LogP contribution is -2.32. The molecule has 0 aromatic heterocycles. The van der Waals surface area contributed by atoms with Gasteiger partial charge in [0.2, 0.25) is 0 Å². The van der Waals surface area contributed by atoms with E-state index in [4.69, 9.17) is 9.84 Å². The maximum atomic E-state index is 11.8. The summed E-state index contributed by atoms with van der Waals surface area (Å²) in [7, 11) is 0. The van der Waals surface area contributed by atoms with Crippen molar-refractivity contribution in [3.05, 3.63) is 29.3 Å². The van der Waals surface area contributed by atoms with Crippen molar-refractivity contribution in [1.82, 2.24) is 5.32 Å². The molecule has 5 heteroatoms. The zero-order valence-electron chi connectivity index (χ0n) is 13.8. The van der Waals surface area contributed by atoms with Crippen molar-refractivity contribution >= 4 is 11.8 Å². The summed E-state index contributed by atoms with van der Waals surface area (Å²) < 4.78 is 5.26. The number of hydrogen-bond acceptors (Lipinski definition) is 4. The molecule has 2 rings (SSSR count). The molecule has 0 spiro atoms. The molecule has 1 aliphatic rings. The highest BCUT2D eigenvalue weighted by Crippen LogP contribution is 2.33. The summed E-state index contributed by atoms with van der Waals surface area (Å²) in [6.07, 6.45) is 1.54. The molecule has 0 saturated carbocycles. The van der Waals surface area contributed by atoms with Gasteiger partial charge in [0.25, 0.3) is 0 Å². The Bertz CT molecular complexity index is 537. The van der Waals surface area contributed by atoms with Gasteiger partial charge in [-0.3, -0.25) is 5.32 Å². The molecule has 1 aromatic carbocycles. The summed E-state index contributed by atoms with van der Waals surface area (Å²) in [5.74, 6) is 0. The van der Waals surface area contributed by atoms with Crippen LogP contribution in [0.15, 0.2) is 18.2 Å². The first-order valence-corrected chi connectivity index (χ1v) is 7.78. The lowest BCUT2D eigenvalue weighted by atomic mass is 10.1. The largest absolute Gasteiger partial charge is 0.444 e. The van der Waals surface area contributed by atoms with Gasteiger partial charge in [-0.1, -0.05) is 6.07 Å². The lowest BCUT2D eigenvalue weighted by molar-refractivity contribution is 0.0636. The number of aliphatic hydroxyl groups is 1. The van der Waals surface area contributed by atoms with Gasteiger partial charge < -0.3 is 15.2 Å².